The van der Waals surface area contributed by atoms with Crippen molar-refractivity contribution in [3.8, 4) is 0 Å². The molecule has 0 aliphatic carbocycles. The molecule has 2 aliphatic heterocycles. The van der Waals surface area contributed by atoms with Crippen molar-refractivity contribution in [1.82, 2.24) is 9.80 Å². The summed E-state index contributed by atoms with van der Waals surface area (Å²) in [6.45, 7) is 7.13. The lowest BCUT2D eigenvalue weighted by atomic mass is 9.99. The van der Waals surface area contributed by atoms with E-state index in [0.717, 1.165) is 32.5 Å². The highest BCUT2D eigenvalue weighted by Crippen LogP contribution is 2.28. The van der Waals surface area contributed by atoms with Gasteiger partial charge in [0.1, 0.15) is 5.54 Å². The van der Waals surface area contributed by atoms with Crippen LogP contribution in [-0.2, 0) is 4.79 Å². The first-order valence-corrected chi connectivity index (χ1v) is 6.34. The van der Waals surface area contributed by atoms with Crippen molar-refractivity contribution in [2.45, 2.75) is 38.1 Å². The molecule has 92 valence electrons. The van der Waals surface area contributed by atoms with Crippen molar-refractivity contribution < 1.29 is 9.90 Å². The van der Waals surface area contributed by atoms with Crippen LogP contribution >= 0.6 is 0 Å². The molecule has 16 heavy (non-hydrogen) atoms. The van der Waals surface area contributed by atoms with Gasteiger partial charge in [0.15, 0.2) is 0 Å². The molecule has 1 N–H and O–H groups in total. The summed E-state index contributed by atoms with van der Waals surface area (Å²) in [6.07, 6.45) is 4.41. The summed E-state index contributed by atoms with van der Waals surface area (Å²) in [5, 5.41) is 9.28. The van der Waals surface area contributed by atoms with Gasteiger partial charge in [-0.25, -0.2) is 0 Å². The summed E-state index contributed by atoms with van der Waals surface area (Å²) in [7, 11) is 0. The molecule has 2 heterocycles. The first-order chi connectivity index (χ1) is 7.63. The Morgan fingerprint density at radius 1 is 1.19 bits per heavy atom. The fourth-order valence-corrected chi connectivity index (χ4v) is 2.89. The second-order valence-electron chi connectivity index (χ2n) is 5.22. The van der Waals surface area contributed by atoms with E-state index >= 15 is 0 Å². The molecular formula is C12H22N2O2. The lowest BCUT2D eigenvalue weighted by Gasteiger charge is -2.32. The second-order valence-corrected chi connectivity index (χ2v) is 5.22. The first-order valence-electron chi connectivity index (χ1n) is 6.34. The molecular weight excluding hydrogens is 204 g/mol. The quantitative estimate of drug-likeness (QED) is 0.777. The van der Waals surface area contributed by atoms with E-state index in [2.05, 4.69) is 9.80 Å². The Labute approximate surface area is 97.2 Å². The van der Waals surface area contributed by atoms with E-state index in [1.165, 1.54) is 25.9 Å². The number of hydrogen-bond acceptors (Lipinski definition) is 3. The van der Waals surface area contributed by atoms with Gasteiger partial charge in [-0.1, -0.05) is 0 Å². The number of aliphatic carboxylic acids is 1. The summed E-state index contributed by atoms with van der Waals surface area (Å²) in [5.74, 6) is -0.661. The molecule has 0 amide bonds. The maximum atomic E-state index is 11.3. The standard InChI is InChI=1S/C12H22N2O2/c1-12(11(15)16)5-4-8-14(12)10-9-13-6-2-3-7-13/h2-10H2,1H3,(H,15,16). The smallest absolute Gasteiger partial charge is 0.323 e. The maximum absolute atomic E-state index is 11.3. The molecule has 2 rings (SSSR count). The van der Waals surface area contributed by atoms with Crippen LogP contribution in [0.4, 0.5) is 0 Å². The summed E-state index contributed by atoms with van der Waals surface area (Å²) in [5.41, 5.74) is -0.611. The van der Waals surface area contributed by atoms with E-state index in [9.17, 15) is 9.90 Å². The Morgan fingerprint density at radius 2 is 1.88 bits per heavy atom. The molecule has 1 unspecified atom stereocenters. The van der Waals surface area contributed by atoms with Crippen molar-refractivity contribution in [3.05, 3.63) is 0 Å². The molecule has 0 aromatic heterocycles. The molecule has 4 nitrogen and oxygen atoms in total. The minimum absolute atomic E-state index is 0.611. The number of nitrogens with zero attached hydrogens (tertiary/aromatic N) is 2. The largest absolute Gasteiger partial charge is 0.480 e. The molecule has 0 spiro atoms. The number of carboxylic acids is 1. The molecule has 0 radical (unpaired) electrons. The average molecular weight is 226 g/mol. The Hall–Kier alpha value is -0.610. The van der Waals surface area contributed by atoms with Gasteiger partial charge in [-0.05, 0) is 52.2 Å². The molecule has 0 aromatic rings. The van der Waals surface area contributed by atoms with Crippen LogP contribution in [-0.4, -0.2) is 59.1 Å². The van der Waals surface area contributed by atoms with Crippen LogP contribution < -0.4 is 0 Å². The number of hydrogen-bond donors (Lipinski definition) is 1. The van der Waals surface area contributed by atoms with Gasteiger partial charge in [-0.2, -0.15) is 0 Å². The summed E-state index contributed by atoms with van der Waals surface area (Å²) < 4.78 is 0. The summed E-state index contributed by atoms with van der Waals surface area (Å²) in [6, 6.07) is 0. The summed E-state index contributed by atoms with van der Waals surface area (Å²) >= 11 is 0. The van der Waals surface area contributed by atoms with Crippen molar-refractivity contribution in [1.29, 1.82) is 0 Å². The van der Waals surface area contributed by atoms with E-state index in [1.54, 1.807) is 0 Å². The van der Waals surface area contributed by atoms with Gasteiger partial charge in [0.25, 0.3) is 0 Å². The number of carboxylic acid groups (broad SMARTS) is 1. The Morgan fingerprint density at radius 3 is 2.50 bits per heavy atom. The van der Waals surface area contributed by atoms with Crippen LogP contribution in [0.2, 0.25) is 0 Å². The van der Waals surface area contributed by atoms with Gasteiger partial charge in [0, 0.05) is 13.1 Å². The molecule has 2 aliphatic rings. The van der Waals surface area contributed by atoms with Gasteiger partial charge in [-0.15, -0.1) is 0 Å². The van der Waals surface area contributed by atoms with E-state index in [0.29, 0.717) is 0 Å². The fourth-order valence-electron chi connectivity index (χ4n) is 2.89. The highest BCUT2D eigenvalue weighted by atomic mass is 16.4. The summed E-state index contributed by atoms with van der Waals surface area (Å²) in [4.78, 5) is 15.9. The highest BCUT2D eigenvalue weighted by molar-refractivity contribution is 5.78. The van der Waals surface area contributed by atoms with Gasteiger partial charge < -0.3 is 10.0 Å². The van der Waals surface area contributed by atoms with E-state index in [-0.39, 0.29) is 0 Å². The van der Waals surface area contributed by atoms with Crippen LogP contribution in [0, 0.1) is 0 Å². The molecule has 0 saturated carbocycles. The lowest BCUT2D eigenvalue weighted by Crippen LogP contribution is -2.50. The molecule has 2 fully saturated rings. The number of likely N-dealkylation sites (tertiary alicyclic amines) is 2. The topological polar surface area (TPSA) is 43.8 Å². The SMILES string of the molecule is CC1(C(=O)O)CCCN1CCN1CCCC1. The third-order valence-corrected chi connectivity index (χ3v) is 4.14. The minimum atomic E-state index is -0.661. The second kappa shape index (κ2) is 4.72. The van der Waals surface area contributed by atoms with Crippen LogP contribution in [0.1, 0.15) is 32.6 Å². The fraction of sp³-hybridized carbons (Fsp3) is 0.917. The average Bonchev–Trinajstić information content (AvgIpc) is 2.85. The third-order valence-electron chi connectivity index (χ3n) is 4.14. The zero-order valence-electron chi connectivity index (χ0n) is 10.1. The predicted octanol–water partition coefficient (Wildman–Crippen LogP) is 1.02. The maximum Gasteiger partial charge on any atom is 0.323 e. The zero-order chi connectivity index (χ0) is 11.6. The van der Waals surface area contributed by atoms with Gasteiger partial charge in [0.05, 0.1) is 0 Å². The third kappa shape index (κ3) is 2.23. The molecule has 0 aromatic carbocycles. The Bertz CT molecular complexity index is 264. The number of rotatable bonds is 4. The van der Waals surface area contributed by atoms with Crippen LogP contribution in [0.15, 0.2) is 0 Å². The van der Waals surface area contributed by atoms with E-state index in [4.69, 9.17) is 0 Å². The van der Waals surface area contributed by atoms with Crippen LogP contribution in [0.25, 0.3) is 0 Å². The van der Waals surface area contributed by atoms with E-state index < -0.39 is 11.5 Å². The Kier molecular flexibility index (Phi) is 3.50. The highest BCUT2D eigenvalue weighted by Gasteiger charge is 2.42. The first kappa shape index (κ1) is 11.9. The van der Waals surface area contributed by atoms with Gasteiger partial charge in [-0.3, -0.25) is 9.69 Å². The normalized spacial score (nSPS) is 32.3. The molecule has 0 bridgehead atoms. The lowest BCUT2D eigenvalue weighted by molar-refractivity contribution is -0.148. The van der Waals surface area contributed by atoms with Crippen LogP contribution in [0.3, 0.4) is 0 Å². The molecule has 4 heteroatoms. The van der Waals surface area contributed by atoms with E-state index in [1.807, 2.05) is 6.92 Å². The van der Waals surface area contributed by atoms with Crippen molar-refractivity contribution in [2.75, 3.05) is 32.7 Å². The van der Waals surface area contributed by atoms with Crippen molar-refractivity contribution in [2.24, 2.45) is 0 Å². The van der Waals surface area contributed by atoms with Gasteiger partial charge in [0.2, 0.25) is 0 Å². The Balaban J connectivity index is 1.86. The van der Waals surface area contributed by atoms with Crippen molar-refractivity contribution >= 4 is 5.97 Å². The van der Waals surface area contributed by atoms with Gasteiger partial charge >= 0.3 is 5.97 Å². The molecule has 2 saturated heterocycles. The zero-order valence-corrected chi connectivity index (χ0v) is 10.1. The predicted molar refractivity (Wildman–Crippen MR) is 62.5 cm³/mol. The van der Waals surface area contributed by atoms with Crippen molar-refractivity contribution in [3.63, 3.8) is 0 Å². The number of carbonyl (C=O) groups is 1. The molecule has 1 atom stereocenters. The minimum Gasteiger partial charge on any atom is -0.480 e. The monoisotopic (exact) mass is 226 g/mol. The van der Waals surface area contributed by atoms with Crippen LogP contribution in [0.5, 0.6) is 0 Å².